The van der Waals surface area contributed by atoms with Crippen molar-refractivity contribution in [3.8, 4) is 62.1 Å². The molecule has 0 aliphatic heterocycles. The number of fused-ring (bicyclic) bond motifs is 6. The number of benzene rings is 17. The zero-order valence-electron chi connectivity index (χ0n) is 60.9. The fourth-order valence-electron chi connectivity index (χ4n) is 12.5. The van der Waals surface area contributed by atoms with Crippen LogP contribution in [0.5, 0.6) is 28.7 Å². The number of rotatable bonds is 10. The second kappa shape index (κ2) is 38.7. The molecular formula is C92H67BBr2ClN5O15. The second-order valence-corrected chi connectivity index (χ2v) is 27.7. The number of carbonyl (C=O) groups excluding carboxylic acids is 2. The maximum atomic E-state index is 13.0. The Balaban J connectivity index is 0.000000138. The van der Waals surface area contributed by atoms with E-state index in [1.807, 2.05) is 182 Å². The molecule has 0 aliphatic carbocycles. The summed E-state index contributed by atoms with van der Waals surface area (Å²) in [5.41, 5.74) is 12.4. The number of phenols is 5. The van der Waals surface area contributed by atoms with Gasteiger partial charge in [0, 0.05) is 62.4 Å². The number of nitrogens with zero attached hydrogens (tertiary/aromatic N) is 3. The monoisotopic (exact) mass is 1690 g/mol. The molecule has 10 N–H and O–H groups in total. The van der Waals surface area contributed by atoms with Gasteiger partial charge in [-0.15, -0.1) is 0 Å². The lowest BCUT2D eigenvalue weighted by molar-refractivity contribution is -0.385. The van der Waals surface area contributed by atoms with E-state index < -0.39 is 32.8 Å². The lowest BCUT2D eigenvalue weighted by atomic mass is 9.79. The molecular weight excluding hydrogens is 1620 g/mol. The average molecular weight is 1690 g/mol. The zero-order chi connectivity index (χ0) is 82.5. The third-order valence-corrected chi connectivity index (χ3v) is 19.6. The quantitative estimate of drug-likeness (QED) is 0.0153. The van der Waals surface area contributed by atoms with Gasteiger partial charge >= 0.3 is 7.12 Å². The first-order valence-electron chi connectivity index (χ1n) is 35.3. The van der Waals surface area contributed by atoms with Gasteiger partial charge in [0.05, 0.1) is 30.3 Å². The number of nitrogen functional groups attached to an aromatic ring is 1. The van der Waals surface area contributed by atoms with Crippen LogP contribution < -0.4 is 16.5 Å². The summed E-state index contributed by atoms with van der Waals surface area (Å²) >= 11 is 11.8. The lowest BCUT2D eigenvalue weighted by Gasteiger charge is -2.14. The van der Waals surface area contributed by atoms with Crippen LogP contribution in [0.3, 0.4) is 0 Å². The maximum absolute atomic E-state index is 13.0. The molecule has 0 fully saturated rings. The number of halogens is 3. The van der Waals surface area contributed by atoms with Gasteiger partial charge in [-0.05, 0) is 206 Å². The molecule has 0 spiro atoms. The maximum Gasteiger partial charge on any atom is 0.495 e. The van der Waals surface area contributed by atoms with Gasteiger partial charge in [-0.3, -0.25) is 39.9 Å². The molecule has 0 bridgehead atoms. The number of nitro benzene ring substituents is 3. The van der Waals surface area contributed by atoms with Crippen molar-refractivity contribution in [3.05, 3.63) is 396 Å². The van der Waals surface area contributed by atoms with Gasteiger partial charge in [-0.2, -0.15) is 0 Å². The van der Waals surface area contributed by atoms with E-state index in [1.54, 1.807) is 48.5 Å². The van der Waals surface area contributed by atoms with Crippen LogP contribution in [0.15, 0.2) is 355 Å². The molecule has 574 valence electrons. The second-order valence-electron chi connectivity index (χ2n) is 25.6. The highest BCUT2D eigenvalue weighted by Gasteiger charge is 2.24. The number of nitrogens with one attached hydrogen (secondary N) is 1. The minimum atomic E-state index is -1.97. The number of aromatic hydroxyl groups is 5. The fourth-order valence-corrected chi connectivity index (χ4v) is 13.6. The van der Waals surface area contributed by atoms with Crippen molar-refractivity contribution in [3.63, 3.8) is 0 Å². The van der Waals surface area contributed by atoms with Crippen LogP contribution in [0, 0.1) is 30.3 Å². The summed E-state index contributed by atoms with van der Waals surface area (Å²) in [6.07, 6.45) is 0. The standard InChI is InChI=1S/C27H19NO2.C16H11NO3.C16H13NO.C11H7ClO.C10H7Br.C6H6BNO5.C6H4BrNO3/c29-22-14-15-26(25(17-22)24-11-5-9-19-7-3-4-10-23(19)24)28-27(30)21-13-12-18-6-1-2-8-20(18)16-21;18-12-8-9-16(17(19)20)15(10-12)14-7-3-5-11-4-1-2-6-13(11)14;17-16-9-8-12(18)10-15(16)14-7-3-5-11-4-1-2-6-13(11)14;12-11(13)10-6-5-8-3-1-2-4-9(8)7-10;11-10-7-3-5-8-4-1-2-6-9(8)10;9-4-1-2-6(8(12)13)5(3-4)7(10)11;7-5-3-4(9)1-2-6(5)8(10)11/h1-17,29H,(H,28,30);1-10,18H;1-10,18H,17H2;1-7H;1-7H;1-3,9-11H;1-3,9H. The summed E-state index contributed by atoms with van der Waals surface area (Å²) < 4.78 is 1.44. The largest absolute Gasteiger partial charge is 0.508 e. The van der Waals surface area contributed by atoms with E-state index in [-0.39, 0.29) is 56.0 Å². The highest BCUT2D eigenvalue weighted by Crippen LogP contribution is 2.40. The summed E-state index contributed by atoms with van der Waals surface area (Å²) in [7, 11) is -1.97. The number of phenolic OH excluding ortho intramolecular Hbond substituents is 5. The van der Waals surface area contributed by atoms with E-state index in [9.17, 15) is 55.3 Å². The van der Waals surface area contributed by atoms with Crippen molar-refractivity contribution < 1.29 is 59.9 Å². The Bertz CT molecular complexity index is 6500. The van der Waals surface area contributed by atoms with Crippen LogP contribution in [0.2, 0.25) is 0 Å². The van der Waals surface area contributed by atoms with Crippen molar-refractivity contribution in [1.82, 2.24) is 0 Å². The van der Waals surface area contributed by atoms with E-state index >= 15 is 0 Å². The van der Waals surface area contributed by atoms with Crippen molar-refractivity contribution >= 4 is 160 Å². The Morgan fingerprint density at radius 1 is 0.328 bits per heavy atom. The number of carbonyl (C=O) groups is 2. The predicted octanol–water partition coefficient (Wildman–Crippen LogP) is 22.4. The smallest absolute Gasteiger partial charge is 0.495 e. The van der Waals surface area contributed by atoms with Crippen LogP contribution in [0.1, 0.15) is 20.7 Å². The molecule has 1 amide bonds. The summed E-state index contributed by atoms with van der Waals surface area (Å²) in [5, 5.41) is 112. The van der Waals surface area contributed by atoms with E-state index in [4.69, 9.17) is 37.6 Å². The third-order valence-electron chi connectivity index (χ3n) is 18.0. The fraction of sp³-hybridized carbons (Fsp3) is 0. The molecule has 0 saturated heterocycles. The van der Waals surface area contributed by atoms with Gasteiger partial charge in [0.2, 0.25) is 0 Å². The zero-order valence-corrected chi connectivity index (χ0v) is 64.9. The Morgan fingerprint density at radius 3 is 1.16 bits per heavy atom. The highest BCUT2D eigenvalue weighted by atomic mass is 79.9. The van der Waals surface area contributed by atoms with Crippen LogP contribution in [0.4, 0.5) is 28.4 Å². The average Bonchev–Trinajstić information content (AvgIpc) is 0.790. The van der Waals surface area contributed by atoms with Crippen molar-refractivity contribution in [2.24, 2.45) is 0 Å². The van der Waals surface area contributed by atoms with Crippen LogP contribution in [0.25, 0.3) is 98.0 Å². The summed E-state index contributed by atoms with van der Waals surface area (Å²) in [4.78, 5) is 53.9. The molecule has 0 aromatic heterocycles. The molecule has 17 aromatic rings. The minimum Gasteiger partial charge on any atom is -0.508 e. The van der Waals surface area contributed by atoms with E-state index in [2.05, 4.69) is 97.8 Å². The Hall–Kier alpha value is -14.3. The Kier molecular flexibility index (Phi) is 27.6. The van der Waals surface area contributed by atoms with Gasteiger partial charge in [0.25, 0.3) is 28.2 Å². The first-order valence-corrected chi connectivity index (χ1v) is 37.3. The first-order chi connectivity index (χ1) is 55.9. The predicted molar refractivity (Wildman–Crippen MR) is 469 cm³/mol. The SMILES string of the molecule is Brc1cccc2ccccc12.Nc1ccc(O)cc1-c1cccc2ccccc12.O=C(Cl)c1ccc2ccccc2c1.O=C(Nc1ccc(O)cc1-c1cccc2ccccc12)c1ccc2ccccc2c1.O=[N+]([O-])c1ccc(O)cc1-c1cccc2ccccc12.O=[N+]([O-])c1ccc(O)cc1B(O)O.O=[N+]([O-])c1ccc(O)cc1Br. The molecule has 17 aromatic carbocycles. The van der Waals surface area contributed by atoms with E-state index in [1.165, 1.54) is 47.2 Å². The van der Waals surface area contributed by atoms with Crippen LogP contribution >= 0.6 is 43.5 Å². The number of nitrogens with two attached hydrogens (primary N) is 1. The number of hydrogen-bond donors (Lipinski definition) is 9. The topological polar surface area (TPSA) is 343 Å². The number of amides is 1. The summed E-state index contributed by atoms with van der Waals surface area (Å²) in [6, 6.07) is 104. The van der Waals surface area contributed by atoms with Crippen molar-refractivity contribution in [1.29, 1.82) is 0 Å². The molecule has 17 rings (SSSR count). The van der Waals surface area contributed by atoms with Crippen molar-refractivity contribution in [2.75, 3.05) is 11.1 Å². The normalized spacial score (nSPS) is 10.4. The molecule has 0 aliphatic rings. The molecule has 116 heavy (non-hydrogen) atoms. The molecule has 20 nitrogen and oxygen atoms in total. The first kappa shape index (κ1) is 82.6. The van der Waals surface area contributed by atoms with Gasteiger partial charge in [-0.25, -0.2) is 0 Å². The molecule has 24 heteroatoms. The number of nitro groups is 3. The van der Waals surface area contributed by atoms with Crippen molar-refractivity contribution in [2.45, 2.75) is 0 Å². The molecule has 0 radical (unpaired) electrons. The van der Waals surface area contributed by atoms with Crippen LogP contribution in [-0.4, -0.2) is 68.6 Å². The Morgan fingerprint density at radius 2 is 0.681 bits per heavy atom. The minimum absolute atomic E-state index is 0.00229. The van der Waals surface area contributed by atoms with E-state index in [0.29, 0.717) is 28.1 Å². The van der Waals surface area contributed by atoms with Gasteiger partial charge in [-0.1, -0.05) is 240 Å². The van der Waals surface area contributed by atoms with Gasteiger partial charge < -0.3 is 46.6 Å². The number of hydrogen-bond acceptors (Lipinski definition) is 16. The van der Waals surface area contributed by atoms with Gasteiger partial charge in [0.1, 0.15) is 28.7 Å². The Labute approximate surface area is 685 Å². The lowest BCUT2D eigenvalue weighted by Crippen LogP contribution is -2.31. The summed E-state index contributed by atoms with van der Waals surface area (Å²) in [5.74, 6) is -0.0450. The third kappa shape index (κ3) is 21.1. The molecule has 0 heterocycles. The number of anilines is 2. The molecule has 0 saturated carbocycles. The van der Waals surface area contributed by atoms with Crippen LogP contribution in [-0.2, 0) is 0 Å². The van der Waals surface area contributed by atoms with Gasteiger partial charge in [0.15, 0.2) is 0 Å². The molecule has 0 atom stereocenters. The summed E-state index contributed by atoms with van der Waals surface area (Å²) in [6.45, 7) is 0. The van der Waals surface area contributed by atoms with E-state index in [0.717, 1.165) is 104 Å². The highest BCUT2D eigenvalue weighted by molar-refractivity contribution is 9.11. The molecule has 0 unspecified atom stereocenters.